The second kappa shape index (κ2) is 7.89. The number of carbonyl (C=O) groups is 1. The number of likely N-dealkylation sites (N-methyl/N-ethyl adjacent to an activating group) is 1. The highest BCUT2D eigenvalue weighted by Crippen LogP contribution is 2.39. The summed E-state index contributed by atoms with van der Waals surface area (Å²) >= 11 is 0. The molecule has 152 valence electrons. The number of hydrazine groups is 1. The van der Waals surface area contributed by atoms with Gasteiger partial charge < -0.3 is 15.1 Å². The van der Waals surface area contributed by atoms with Gasteiger partial charge in [0.15, 0.2) is 0 Å². The molecule has 27 heavy (non-hydrogen) atoms. The number of nitrogens with one attached hydrogen (secondary N) is 1. The summed E-state index contributed by atoms with van der Waals surface area (Å²) in [7, 11) is 1.55. The Hall–Kier alpha value is -2.07. The average molecular weight is 389 g/mol. The molecule has 1 aromatic rings. The summed E-state index contributed by atoms with van der Waals surface area (Å²) in [6.45, 7) is 5.53. The van der Waals surface area contributed by atoms with Gasteiger partial charge in [-0.25, -0.2) is 15.6 Å². The van der Waals surface area contributed by atoms with Crippen LogP contribution in [0.25, 0.3) is 0 Å². The molecule has 1 fully saturated rings. The molecule has 1 aromatic heterocycles. The Morgan fingerprint density at radius 2 is 2.07 bits per heavy atom. The number of amides is 1. The highest BCUT2D eigenvalue weighted by molar-refractivity contribution is 5.68. The maximum Gasteiger partial charge on any atom is 0.410 e. The Morgan fingerprint density at radius 3 is 2.56 bits per heavy atom. The Labute approximate surface area is 156 Å². The van der Waals surface area contributed by atoms with E-state index >= 15 is 0 Å². The van der Waals surface area contributed by atoms with Crippen molar-refractivity contribution >= 4 is 11.9 Å². The van der Waals surface area contributed by atoms with Gasteiger partial charge in [-0.15, -0.1) is 0 Å². The molecule has 0 spiro atoms. The van der Waals surface area contributed by atoms with E-state index in [0.29, 0.717) is 6.42 Å². The summed E-state index contributed by atoms with van der Waals surface area (Å²) in [6.07, 6.45) is -3.42. The van der Waals surface area contributed by atoms with Crippen LogP contribution in [-0.2, 0) is 4.74 Å². The normalized spacial score (nSPS) is 19.6. The summed E-state index contributed by atoms with van der Waals surface area (Å²) in [5.74, 6) is 5.49. The van der Waals surface area contributed by atoms with Crippen LogP contribution < -0.4 is 11.3 Å². The van der Waals surface area contributed by atoms with Gasteiger partial charge in [0.05, 0.1) is 0 Å². The van der Waals surface area contributed by atoms with Crippen molar-refractivity contribution in [1.82, 2.24) is 14.8 Å². The molecular formula is C17H26F3N5O2. The van der Waals surface area contributed by atoms with Crippen LogP contribution in [0.5, 0.6) is 0 Å². The molecular weight excluding hydrogens is 363 g/mol. The SMILES string of the molecule is CN(C(=O)OC(C)(C)C)C1CCN(C(c2ccc(NN)nc2)C(F)(F)F)C1. The van der Waals surface area contributed by atoms with Crippen molar-refractivity contribution in [3.05, 3.63) is 23.9 Å². The quantitative estimate of drug-likeness (QED) is 0.609. The van der Waals surface area contributed by atoms with E-state index < -0.39 is 23.9 Å². The number of nitrogen functional groups attached to an aromatic ring is 1. The molecule has 7 nitrogen and oxygen atoms in total. The van der Waals surface area contributed by atoms with E-state index in [-0.39, 0.29) is 30.5 Å². The standard InChI is InChI=1S/C17H26F3N5O2/c1-16(2,3)27-15(26)24(4)12-7-8-25(10-12)14(17(18,19)20)11-5-6-13(23-21)22-9-11/h5-6,9,12,14H,7-8,10,21H2,1-4H3,(H,22,23). The molecule has 1 amide bonds. The monoisotopic (exact) mass is 389 g/mol. The molecule has 0 aliphatic carbocycles. The van der Waals surface area contributed by atoms with Gasteiger partial charge in [0.25, 0.3) is 0 Å². The highest BCUT2D eigenvalue weighted by Gasteiger charge is 2.47. The number of hydrogen-bond donors (Lipinski definition) is 2. The van der Waals surface area contributed by atoms with E-state index in [1.807, 2.05) is 0 Å². The minimum atomic E-state index is -4.47. The first kappa shape index (κ1) is 21.2. The Morgan fingerprint density at radius 1 is 1.41 bits per heavy atom. The summed E-state index contributed by atoms with van der Waals surface area (Å²) in [5, 5.41) is 0. The average Bonchev–Trinajstić information content (AvgIpc) is 3.01. The van der Waals surface area contributed by atoms with Crippen molar-refractivity contribution in [2.45, 2.75) is 51.1 Å². The highest BCUT2D eigenvalue weighted by atomic mass is 19.4. The van der Waals surface area contributed by atoms with Gasteiger partial charge in [0.2, 0.25) is 0 Å². The number of nitrogens with two attached hydrogens (primary N) is 1. The van der Waals surface area contributed by atoms with Crippen molar-refractivity contribution < 1.29 is 22.7 Å². The second-order valence-electron chi connectivity index (χ2n) is 7.59. The van der Waals surface area contributed by atoms with E-state index in [1.54, 1.807) is 27.8 Å². The molecule has 1 aliphatic rings. The number of ether oxygens (including phenoxy) is 1. The first-order valence-electron chi connectivity index (χ1n) is 8.61. The van der Waals surface area contributed by atoms with Crippen LogP contribution in [0.2, 0.25) is 0 Å². The number of aromatic nitrogens is 1. The van der Waals surface area contributed by atoms with Crippen LogP contribution in [0, 0.1) is 0 Å². The third-order valence-electron chi connectivity index (χ3n) is 4.35. The number of pyridine rings is 1. The van der Waals surface area contributed by atoms with Crippen LogP contribution in [-0.4, -0.2) is 58.8 Å². The first-order chi connectivity index (χ1) is 12.4. The Balaban J connectivity index is 2.14. The van der Waals surface area contributed by atoms with Crippen molar-refractivity contribution in [1.29, 1.82) is 0 Å². The van der Waals surface area contributed by atoms with Crippen molar-refractivity contribution in [3.63, 3.8) is 0 Å². The molecule has 0 saturated carbocycles. The van der Waals surface area contributed by atoms with Crippen molar-refractivity contribution in [2.75, 3.05) is 25.6 Å². The fourth-order valence-corrected chi connectivity index (χ4v) is 3.06. The number of nitrogens with zero attached hydrogens (tertiary/aromatic N) is 3. The number of rotatable bonds is 4. The lowest BCUT2D eigenvalue weighted by Gasteiger charge is -2.32. The molecule has 10 heteroatoms. The van der Waals surface area contributed by atoms with E-state index in [2.05, 4.69) is 10.4 Å². The Kier molecular flexibility index (Phi) is 6.21. The number of alkyl halides is 3. The van der Waals surface area contributed by atoms with Crippen molar-refractivity contribution in [3.8, 4) is 0 Å². The zero-order chi connectivity index (χ0) is 20.4. The zero-order valence-electron chi connectivity index (χ0n) is 15.9. The summed E-state index contributed by atoms with van der Waals surface area (Å²) < 4.78 is 46.5. The van der Waals surface area contributed by atoms with E-state index in [1.165, 1.54) is 21.9 Å². The minimum absolute atomic E-state index is 0.0297. The fourth-order valence-electron chi connectivity index (χ4n) is 3.06. The molecule has 0 bridgehead atoms. The predicted octanol–water partition coefficient (Wildman–Crippen LogP) is 2.91. The minimum Gasteiger partial charge on any atom is -0.444 e. The van der Waals surface area contributed by atoms with Crippen LogP contribution in [0.4, 0.5) is 23.8 Å². The molecule has 0 radical (unpaired) electrons. The van der Waals surface area contributed by atoms with Crippen LogP contribution >= 0.6 is 0 Å². The van der Waals surface area contributed by atoms with Gasteiger partial charge in [-0.3, -0.25) is 4.90 Å². The lowest BCUT2D eigenvalue weighted by atomic mass is 10.1. The number of likely N-dealkylation sites (tertiary alicyclic amines) is 1. The number of carbonyl (C=O) groups excluding carboxylic acids is 1. The second-order valence-corrected chi connectivity index (χ2v) is 7.59. The van der Waals surface area contributed by atoms with Gasteiger partial charge >= 0.3 is 12.3 Å². The van der Waals surface area contributed by atoms with Gasteiger partial charge in [0.1, 0.15) is 17.5 Å². The third kappa shape index (κ3) is 5.46. The number of hydrogen-bond acceptors (Lipinski definition) is 6. The lowest BCUT2D eigenvalue weighted by Crippen LogP contribution is -2.43. The van der Waals surface area contributed by atoms with Gasteiger partial charge in [-0.05, 0) is 38.8 Å². The third-order valence-corrected chi connectivity index (χ3v) is 4.35. The van der Waals surface area contributed by atoms with Crippen LogP contribution in [0.15, 0.2) is 18.3 Å². The maximum atomic E-state index is 13.7. The smallest absolute Gasteiger partial charge is 0.410 e. The topological polar surface area (TPSA) is 83.7 Å². The van der Waals surface area contributed by atoms with E-state index in [4.69, 9.17) is 10.6 Å². The molecule has 2 atom stereocenters. The molecule has 0 aromatic carbocycles. The zero-order valence-corrected chi connectivity index (χ0v) is 15.9. The summed E-state index contributed by atoms with van der Waals surface area (Å²) in [6, 6.07) is 0.594. The lowest BCUT2D eigenvalue weighted by molar-refractivity contribution is -0.184. The molecule has 2 unspecified atom stereocenters. The van der Waals surface area contributed by atoms with Gasteiger partial charge in [-0.1, -0.05) is 6.07 Å². The van der Waals surface area contributed by atoms with Crippen LogP contribution in [0.1, 0.15) is 38.8 Å². The molecule has 3 N–H and O–H groups in total. The maximum absolute atomic E-state index is 13.7. The summed E-state index contributed by atoms with van der Waals surface area (Å²) in [4.78, 5) is 18.8. The van der Waals surface area contributed by atoms with Crippen molar-refractivity contribution in [2.24, 2.45) is 5.84 Å². The van der Waals surface area contributed by atoms with E-state index in [0.717, 1.165) is 6.20 Å². The first-order valence-corrected chi connectivity index (χ1v) is 8.61. The molecule has 1 saturated heterocycles. The number of anilines is 1. The molecule has 1 aliphatic heterocycles. The van der Waals surface area contributed by atoms with Gasteiger partial charge in [-0.2, -0.15) is 13.2 Å². The molecule has 2 rings (SSSR count). The van der Waals surface area contributed by atoms with Crippen LogP contribution in [0.3, 0.4) is 0 Å². The van der Waals surface area contributed by atoms with Gasteiger partial charge in [0, 0.05) is 32.4 Å². The number of halogens is 3. The largest absolute Gasteiger partial charge is 0.444 e. The molecule has 2 heterocycles. The van der Waals surface area contributed by atoms with E-state index in [9.17, 15) is 18.0 Å². The fraction of sp³-hybridized carbons (Fsp3) is 0.647. The summed E-state index contributed by atoms with van der Waals surface area (Å²) in [5.41, 5.74) is 1.66. The Bertz CT molecular complexity index is 645. The predicted molar refractivity (Wildman–Crippen MR) is 94.8 cm³/mol.